The summed E-state index contributed by atoms with van der Waals surface area (Å²) in [6.07, 6.45) is 3.54. The number of halogens is 1. The van der Waals surface area contributed by atoms with E-state index in [4.69, 9.17) is 4.74 Å². The highest BCUT2D eigenvalue weighted by atomic mass is 79.9. The van der Waals surface area contributed by atoms with Crippen LogP contribution in [0.3, 0.4) is 0 Å². The van der Waals surface area contributed by atoms with Crippen molar-refractivity contribution in [2.24, 2.45) is 0 Å². The van der Waals surface area contributed by atoms with Gasteiger partial charge in [0.25, 0.3) is 0 Å². The lowest BCUT2D eigenvalue weighted by Crippen LogP contribution is -2.05. The highest BCUT2D eigenvalue weighted by Crippen LogP contribution is 2.26. The van der Waals surface area contributed by atoms with Gasteiger partial charge >= 0.3 is 0 Å². The third kappa shape index (κ3) is 3.55. The van der Waals surface area contributed by atoms with E-state index in [-0.39, 0.29) is 0 Å². The fraction of sp³-hybridized carbons (Fsp3) is 0.214. The molecule has 0 aliphatic heterocycles. The molecule has 0 radical (unpaired) electrons. The Morgan fingerprint density at radius 1 is 1.17 bits per heavy atom. The molecule has 1 aromatic carbocycles. The molecule has 1 N–H and O–H groups in total. The Kier molecular flexibility index (Phi) is 4.73. The first-order valence-corrected chi connectivity index (χ1v) is 6.53. The van der Waals surface area contributed by atoms with Crippen LogP contribution in [0, 0.1) is 0 Å². The summed E-state index contributed by atoms with van der Waals surface area (Å²) in [7, 11) is 1.93. The van der Waals surface area contributed by atoms with Crippen molar-refractivity contribution in [2.45, 2.75) is 13.2 Å². The van der Waals surface area contributed by atoms with Gasteiger partial charge in [-0.1, -0.05) is 6.07 Å². The van der Waals surface area contributed by atoms with Crippen molar-refractivity contribution >= 4 is 15.9 Å². The van der Waals surface area contributed by atoms with Crippen molar-refractivity contribution in [1.29, 1.82) is 0 Å². The van der Waals surface area contributed by atoms with E-state index >= 15 is 0 Å². The van der Waals surface area contributed by atoms with Crippen LogP contribution in [0.5, 0.6) is 5.75 Å². The quantitative estimate of drug-likeness (QED) is 0.921. The number of hydrogen-bond donors (Lipinski definition) is 1. The summed E-state index contributed by atoms with van der Waals surface area (Å²) in [6, 6.07) is 10.0. The minimum atomic E-state index is 0.548. The van der Waals surface area contributed by atoms with Crippen LogP contribution in [0.15, 0.2) is 47.2 Å². The number of pyridine rings is 1. The van der Waals surface area contributed by atoms with Crippen molar-refractivity contribution in [3.8, 4) is 5.75 Å². The molecule has 0 bridgehead atoms. The Hall–Kier alpha value is -1.39. The minimum Gasteiger partial charge on any atom is -0.488 e. The molecule has 18 heavy (non-hydrogen) atoms. The van der Waals surface area contributed by atoms with Gasteiger partial charge < -0.3 is 10.1 Å². The number of rotatable bonds is 5. The maximum Gasteiger partial charge on any atom is 0.134 e. The molecule has 0 saturated heterocycles. The van der Waals surface area contributed by atoms with Crippen LogP contribution < -0.4 is 10.1 Å². The lowest BCUT2D eigenvalue weighted by molar-refractivity contribution is 0.304. The van der Waals surface area contributed by atoms with E-state index in [0.717, 1.165) is 22.3 Å². The van der Waals surface area contributed by atoms with Crippen LogP contribution >= 0.6 is 15.9 Å². The molecule has 0 atom stereocenters. The Balaban J connectivity index is 2.01. The fourth-order valence-electron chi connectivity index (χ4n) is 1.62. The Morgan fingerprint density at radius 3 is 2.61 bits per heavy atom. The number of hydrogen-bond acceptors (Lipinski definition) is 3. The Morgan fingerprint density at radius 2 is 1.94 bits per heavy atom. The van der Waals surface area contributed by atoms with Gasteiger partial charge in [-0.2, -0.15) is 0 Å². The average molecular weight is 307 g/mol. The van der Waals surface area contributed by atoms with Crippen molar-refractivity contribution < 1.29 is 4.74 Å². The van der Waals surface area contributed by atoms with Crippen molar-refractivity contribution in [3.63, 3.8) is 0 Å². The zero-order chi connectivity index (χ0) is 12.8. The fourth-order valence-corrected chi connectivity index (χ4v) is 2.16. The molecule has 0 saturated carbocycles. The Bertz CT molecular complexity index is 502. The average Bonchev–Trinajstić information content (AvgIpc) is 2.39. The predicted octanol–water partition coefficient (Wildman–Crippen LogP) is 3.14. The van der Waals surface area contributed by atoms with Gasteiger partial charge in [0.15, 0.2) is 0 Å². The third-order valence-corrected chi connectivity index (χ3v) is 3.14. The lowest BCUT2D eigenvalue weighted by Gasteiger charge is -2.09. The standard InChI is InChI=1S/C14H15BrN2O/c1-16-9-12-2-3-14(13(15)8-12)18-10-11-4-6-17-7-5-11/h2-8,16H,9-10H2,1H3. The van der Waals surface area contributed by atoms with Crippen molar-refractivity contribution in [3.05, 3.63) is 58.3 Å². The molecule has 0 spiro atoms. The smallest absolute Gasteiger partial charge is 0.134 e. The number of nitrogens with zero attached hydrogens (tertiary/aromatic N) is 1. The molecular formula is C14H15BrN2O. The molecular weight excluding hydrogens is 292 g/mol. The van der Waals surface area contributed by atoms with Crippen molar-refractivity contribution in [1.82, 2.24) is 10.3 Å². The van der Waals surface area contributed by atoms with E-state index in [9.17, 15) is 0 Å². The van der Waals surface area contributed by atoms with Gasteiger partial charge in [-0.25, -0.2) is 0 Å². The maximum atomic E-state index is 5.76. The molecule has 0 amide bonds. The summed E-state index contributed by atoms with van der Waals surface area (Å²) in [6.45, 7) is 1.40. The second-order valence-corrected chi connectivity index (χ2v) is 4.79. The molecule has 0 fully saturated rings. The van der Waals surface area contributed by atoms with Crippen LogP contribution in [0.2, 0.25) is 0 Å². The summed E-state index contributed by atoms with van der Waals surface area (Å²) < 4.78 is 6.74. The molecule has 1 heterocycles. The van der Waals surface area contributed by atoms with E-state index in [2.05, 4.69) is 38.4 Å². The number of ether oxygens (including phenoxy) is 1. The molecule has 3 nitrogen and oxygen atoms in total. The number of nitrogens with one attached hydrogen (secondary N) is 1. The highest BCUT2D eigenvalue weighted by Gasteiger charge is 2.03. The zero-order valence-corrected chi connectivity index (χ0v) is 11.8. The van der Waals surface area contributed by atoms with Gasteiger partial charge in [0.2, 0.25) is 0 Å². The summed E-state index contributed by atoms with van der Waals surface area (Å²) in [5, 5.41) is 3.12. The van der Waals surface area contributed by atoms with Crippen molar-refractivity contribution in [2.75, 3.05) is 7.05 Å². The van der Waals surface area contributed by atoms with Gasteiger partial charge in [0, 0.05) is 18.9 Å². The molecule has 2 aromatic rings. The summed E-state index contributed by atoms with van der Waals surface area (Å²) in [4.78, 5) is 3.98. The predicted molar refractivity (Wildman–Crippen MR) is 75.5 cm³/mol. The first-order chi connectivity index (χ1) is 8.79. The van der Waals surface area contributed by atoms with Crippen LogP contribution in [0.25, 0.3) is 0 Å². The SMILES string of the molecule is CNCc1ccc(OCc2ccncc2)c(Br)c1. The molecule has 0 unspecified atom stereocenters. The van der Waals surface area contributed by atoms with Gasteiger partial charge in [0.05, 0.1) is 4.47 Å². The summed E-state index contributed by atoms with van der Waals surface area (Å²) >= 11 is 3.53. The normalized spacial score (nSPS) is 10.3. The van der Waals surface area contributed by atoms with Crippen LogP contribution in [0.1, 0.15) is 11.1 Å². The first-order valence-electron chi connectivity index (χ1n) is 5.74. The van der Waals surface area contributed by atoms with E-state index in [1.807, 2.05) is 25.2 Å². The van der Waals surface area contributed by atoms with Crippen LogP contribution in [-0.4, -0.2) is 12.0 Å². The van der Waals surface area contributed by atoms with Gasteiger partial charge in [-0.15, -0.1) is 0 Å². The molecule has 94 valence electrons. The van der Waals surface area contributed by atoms with E-state index in [1.165, 1.54) is 5.56 Å². The lowest BCUT2D eigenvalue weighted by atomic mass is 10.2. The minimum absolute atomic E-state index is 0.548. The molecule has 1 aromatic heterocycles. The monoisotopic (exact) mass is 306 g/mol. The number of benzene rings is 1. The first kappa shape index (κ1) is 13.1. The largest absolute Gasteiger partial charge is 0.488 e. The zero-order valence-electron chi connectivity index (χ0n) is 10.2. The number of aromatic nitrogens is 1. The van der Waals surface area contributed by atoms with Gasteiger partial charge in [-0.05, 0) is 58.4 Å². The Labute approximate surface area is 115 Å². The van der Waals surface area contributed by atoms with Gasteiger partial charge in [0.1, 0.15) is 12.4 Å². The molecule has 0 aliphatic rings. The van der Waals surface area contributed by atoms with Gasteiger partial charge in [-0.3, -0.25) is 4.98 Å². The van der Waals surface area contributed by atoms with E-state index in [0.29, 0.717) is 6.61 Å². The topological polar surface area (TPSA) is 34.1 Å². The van der Waals surface area contributed by atoms with Crippen LogP contribution in [0.4, 0.5) is 0 Å². The third-order valence-electron chi connectivity index (χ3n) is 2.52. The summed E-state index contributed by atoms with van der Waals surface area (Å²) in [5.41, 5.74) is 2.33. The second kappa shape index (κ2) is 6.52. The van der Waals surface area contributed by atoms with Crippen LogP contribution in [-0.2, 0) is 13.2 Å². The molecule has 4 heteroatoms. The molecule has 0 aliphatic carbocycles. The highest BCUT2D eigenvalue weighted by molar-refractivity contribution is 9.10. The maximum absolute atomic E-state index is 5.76. The van der Waals surface area contributed by atoms with E-state index < -0.39 is 0 Å². The molecule has 2 rings (SSSR count). The van der Waals surface area contributed by atoms with E-state index in [1.54, 1.807) is 12.4 Å². The second-order valence-electron chi connectivity index (χ2n) is 3.94. The summed E-state index contributed by atoms with van der Waals surface area (Å²) in [5.74, 6) is 0.853.